The number of unbranched alkanes of at least 4 members (excludes halogenated alkanes) is 1. The Morgan fingerprint density at radius 1 is 1.41 bits per heavy atom. The zero-order valence-corrected chi connectivity index (χ0v) is 10.4. The molecule has 0 aliphatic heterocycles. The molecule has 0 radical (unpaired) electrons. The van der Waals surface area contributed by atoms with Crippen molar-refractivity contribution in [1.82, 2.24) is 9.97 Å². The lowest BCUT2D eigenvalue weighted by Gasteiger charge is -2.07. The molecular weight excluding hydrogens is 238 g/mol. The second-order valence-corrected chi connectivity index (χ2v) is 5.75. The van der Waals surface area contributed by atoms with Crippen LogP contribution in [0, 0.1) is 0 Å². The van der Waals surface area contributed by atoms with E-state index in [1.165, 1.54) is 0 Å². The fraction of sp³-hybridized carbons (Fsp3) is 0.364. The van der Waals surface area contributed by atoms with Gasteiger partial charge in [0, 0.05) is 0 Å². The Kier molecular flexibility index (Phi) is 3.33. The summed E-state index contributed by atoms with van der Waals surface area (Å²) in [6, 6.07) is 5.24. The highest BCUT2D eigenvalue weighted by atomic mass is 32.2. The number of aromatic amines is 1. The number of nitrogens with one attached hydrogen (secondary N) is 2. The standard InChI is InChI=1S/C11H15N3O2S/c1-2-3-6-17(15,16)14-9-4-5-10-11(7-9)13-8-12-10/h4-5,7-8,14H,2-3,6H2,1H3,(H,12,13). The molecule has 2 aromatic rings. The first-order chi connectivity index (χ1) is 8.11. The first-order valence-electron chi connectivity index (χ1n) is 5.54. The van der Waals surface area contributed by atoms with Crippen LogP contribution in [0.25, 0.3) is 11.0 Å². The lowest BCUT2D eigenvalue weighted by molar-refractivity contribution is 0.598. The summed E-state index contributed by atoms with van der Waals surface area (Å²) in [5, 5.41) is 0. The summed E-state index contributed by atoms with van der Waals surface area (Å²) in [5.41, 5.74) is 2.21. The third-order valence-electron chi connectivity index (χ3n) is 2.46. The number of hydrogen-bond acceptors (Lipinski definition) is 3. The molecule has 0 amide bonds. The predicted octanol–water partition coefficient (Wildman–Crippen LogP) is 2.10. The van der Waals surface area contributed by atoms with Crippen LogP contribution in [0.1, 0.15) is 19.8 Å². The quantitative estimate of drug-likeness (QED) is 0.857. The Hall–Kier alpha value is -1.56. The van der Waals surface area contributed by atoms with Crippen LogP contribution < -0.4 is 4.72 Å². The van der Waals surface area contributed by atoms with Crippen LogP contribution in [0.4, 0.5) is 5.69 Å². The average molecular weight is 253 g/mol. The maximum Gasteiger partial charge on any atom is 0.232 e. The minimum Gasteiger partial charge on any atom is -0.345 e. The highest BCUT2D eigenvalue weighted by Gasteiger charge is 2.09. The van der Waals surface area contributed by atoms with E-state index in [1.807, 2.05) is 6.92 Å². The molecule has 0 unspecified atom stereocenters. The zero-order valence-electron chi connectivity index (χ0n) is 9.60. The van der Waals surface area contributed by atoms with E-state index in [0.717, 1.165) is 17.5 Å². The minimum absolute atomic E-state index is 0.157. The van der Waals surface area contributed by atoms with Crippen molar-refractivity contribution < 1.29 is 8.42 Å². The molecule has 5 nitrogen and oxygen atoms in total. The molecule has 17 heavy (non-hydrogen) atoms. The van der Waals surface area contributed by atoms with Gasteiger partial charge in [0.1, 0.15) is 0 Å². The van der Waals surface area contributed by atoms with Crippen molar-refractivity contribution in [2.75, 3.05) is 10.5 Å². The predicted molar refractivity (Wildman–Crippen MR) is 68.4 cm³/mol. The number of anilines is 1. The van der Waals surface area contributed by atoms with Gasteiger partial charge in [-0.05, 0) is 24.6 Å². The molecule has 2 rings (SSSR count). The number of fused-ring (bicyclic) bond motifs is 1. The number of sulfonamides is 1. The van der Waals surface area contributed by atoms with Crippen molar-refractivity contribution in [1.29, 1.82) is 0 Å². The van der Waals surface area contributed by atoms with Crippen LogP contribution >= 0.6 is 0 Å². The van der Waals surface area contributed by atoms with E-state index in [1.54, 1.807) is 24.5 Å². The summed E-state index contributed by atoms with van der Waals surface area (Å²) >= 11 is 0. The van der Waals surface area contributed by atoms with Gasteiger partial charge in [-0.25, -0.2) is 13.4 Å². The molecule has 1 heterocycles. The Morgan fingerprint density at radius 2 is 2.24 bits per heavy atom. The molecule has 0 aliphatic rings. The molecule has 1 aromatic carbocycles. The molecule has 2 N–H and O–H groups in total. The van der Waals surface area contributed by atoms with Crippen LogP contribution in [-0.2, 0) is 10.0 Å². The van der Waals surface area contributed by atoms with Crippen molar-refractivity contribution in [3.8, 4) is 0 Å². The van der Waals surface area contributed by atoms with E-state index < -0.39 is 10.0 Å². The summed E-state index contributed by atoms with van der Waals surface area (Å²) in [7, 11) is -3.23. The summed E-state index contributed by atoms with van der Waals surface area (Å²) in [4.78, 5) is 7.02. The second-order valence-electron chi connectivity index (χ2n) is 3.91. The third-order valence-corrected chi connectivity index (χ3v) is 3.83. The van der Waals surface area contributed by atoms with E-state index in [9.17, 15) is 8.42 Å². The van der Waals surface area contributed by atoms with Crippen LogP contribution in [0.5, 0.6) is 0 Å². The van der Waals surface area contributed by atoms with Gasteiger partial charge in [-0.1, -0.05) is 13.3 Å². The number of benzene rings is 1. The topological polar surface area (TPSA) is 74.8 Å². The van der Waals surface area contributed by atoms with E-state index in [-0.39, 0.29) is 5.75 Å². The molecule has 6 heteroatoms. The fourth-order valence-electron chi connectivity index (χ4n) is 1.56. The Balaban J connectivity index is 2.17. The van der Waals surface area contributed by atoms with Crippen LogP contribution in [0.2, 0.25) is 0 Å². The first-order valence-corrected chi connectivity index (χ1v) is 7.19. The molecule has 92 valence electrons. The van der Waals surface area contributed by atoms with E-state index in [4.69, 9.17) is 0 Å². The zero-order chi connectivity index (χ0) is 12.3. The van der Waals surface area contributed by atoms with E-state index in [2.05, 4.69) is 14.7 Å². The maximum absolute atomic E-state index is 11.7. The number of rotatable bonds is 5. The van der Waals surface area contributed by atoms with Crippen molar-refractivity contribution >= 4 is 26.7 Å². The van der Waals surface area contributed by atoms with Crippen LogP contribution in [0.15, 0.2) is 24.5 Å². The van der Waals surface area contributed by atoms with Crippen molar-refractivity contribution in [2.45, 2.75) is 19.8 Å². The third kappa shape index (κ3) is 2.97. The molecule has 0 spiro atoms. The highest BCUT2D eigenvalue weighted by Crippen LogP contribution is 2.17. The van der Waals surface area contributed by atoms with Gasteiger partial charge in [0.2, 0.25) is 10.0 Å². The van der Waals surface area contributed by atoms with Gasteiger partial charge in [-0.15, -0.1) is 0 Å². The smallest absolute Gasteiger partial charge is 0.232 e. The number of H-pyrrole nitrogens is 1. The van der Waals surface area contributed by atoms with Gasteiger partial charge in [0.15, 0.2) is 0 Å². The number of aromatic nitrogens is 2. The average Bonchev–Trinajstić information content (AvgIpc) is 2.73. The van der Waals surface area contributed by atoms with Gasteiger partial charge in [-0.2, -0.15) is 0 Å². The Bertz CT molecular complexity index is 604. The van der Waals surface area contributed by atoms with Crippen molar-refractivity contribution in [3.05, 3.63) is 24.5 Å². The van der Waals surface area contributed by atoms with Crippen LogP contribution in [-0.4, -0.2) is 24.1 Å². The fourth-order valence-corrected chi connectivity index (χ4v) is 2.82. The normalized spacial score (nSPS) is 11.8. The molecule has 0 bridgehead atoms. The molecule has 0 aliphatic carbocycles. The minimum atomic E-state index is -3.23. The maximum atomic E-state index is 11.7. The molecule has 0 saturated carbocycles. The summed E-state index contributed by atoms with van der Waals surface area (Å²) in [6.45, 7) is 1.96. The van der Waals surface area contributed by atoms with Gasteiger partial charge >= 0.3 is 0 Å². The summed E-state index contributed by atoms with van der Waals surface area (Å²) in [5.74, 6) is 0.157. The summed E-state index contributed by atoms with van der Waals surface area (Å²) < 4.78 is 26.0. The number of imidazole rings is 1. The largest absolute Gasteiger partial charge is 0.345 e. The second kappa shape index (κ2) is 4.75. The molecule has 1 aromatic heterocycles. The van der Waals surface area contributed by atoms with Gasteiger partial charge in [0.05, 0.1) is 28.8 Å². The molecule has 0 atom stereocenters. The van der Waals surface area contributed by atoms with Crippen LogP contribution in [0.3, 0.4) is 0 Å². The van der Waals surface area contributed by atoms with Gasteiger partial charge in [-0.3, -0.25) is 4.72 Å². The summed E-state index contributed by atoms with van der Waals surface area (Å²) in [6.07, 6.45) is 3.11. The monoisotopic (exact) mass is 253 g/mol. The SMILES string of the molecule is CCCCS(=O)(=O)Nc1ccc2nc[nH]c2c1. The van der Waals surface area contributed by atoms with Crippen molar-refractivity contribution in [2.24, 2.45) is 0 Å². The first kappa shape index (κ1) is 11.9. The van der Waals surface area contributed by atoms with Crippen molar-refractivity contribution in [3.63, 3.8) is 0 Å². The van der Waals surface area contributed by atoms with Gasteiger partial charge in [0.25, 0.3) is 0 Å². The lowest BCUT2D eigenvalue weighted by Crippen LogP contribution is -2.16. The number of hydrogen-bond donors (Lipinski definition) is 2. The van der Waals surface area contributed by atoms with E-state index in [0.29, 0.717) is 12.1 Å². The van der Waals surface area contributed by atoms with Gasteiger partial charge < -0.3 is 4.98 Å². The lowest BCUT2D eigenvalue weighted by atomic mass is 10.3. The Morgan fingerprint density at radius 3 is 3.00 bits per heavy atom. The molecule has 0 saturated heterocycles. The molecule has 0 fully saturated rings. The molecular formula is C11H15N3O2S. The number of nitrogens with zero attached hydrogens (tertiary/aromatic N) is 1. The Labute approximate surface area is 100 Å². The van der Waals surface area contributed by atoms with E-state index >= 15 is 0 Å². The highest BCUT2D eigenvalue weighted by molar-refractivity contribution is 7.92.